The van der Waals surface area contributed by atoms with E-state index in [1.165, 1.54) is 47.6 Å². The summed E-state index contributed by atoms with van der Waals surface area (Å²) in [6.07, 6.45) is 9.70. The number of aliphatic hydroxyl groups is 2. The average molecular weight is 747 g/mol. The van der Waals surface area contributed by atoms with Gasteiger partial charge in [0, 0.05) is 71.8 Å². The van der Waals surface area contributed by atoms with Crippen LogP contribution >= 0.6 is 0 Å². The first-order chi connectivity index (χ1) is 27.4. The summed E-state index contributed by atoms with van der Waals surface area (Å²) >= 11 is 0. The number of benzene rings is 4. The van der Waals surface area contributed by atoms with Gasteiger partial charge in [-0.05, 0) is 70.8 Å². The smallest absolute Gasteiger partial charge is 0.131 e. The van der Waals surface area contributed by atoms with E-state index in [4.69, 9.17) is 0 Å². The van der Waals surface area contributed by atoms with Crippen molar-refractivity contribution in [2.24, 2.45) is 23.7 Å². The third-order valence-corrected chi connectivity index (χ3v) is 15.8. The Morgan fingerprint density at radius 1 is 0.554 bits per heavy atom. The van der Waals surface area contributed by atoms with E-state index in [0.717, 1.165) is 94.0 Å². The number of fused-ring (bicyclic) bond motifs is 9. The maximum absolute atomic E-state index is 12.4. The lowest BCUT2D eigenvalue weighted by molar-refractivity contribution is -0.986. The van der Waals surface area contributed by atoms with Crippen molar-refractivity contribution in [3.05, 3.63) is 132 Å². The maximum Gasteiger partial charge on any atom is 0.131 e. The van der Waals surface area contributed by atoms with Crippen LogP contribution in [0.1, 0.15) is 86.8 Å². The first-order valence-corrected chi connectivity index (χ1v) is 21.6. The highest BCUT2D eigenvalue weighted by Gasteiger charge is 2.56. The van der Waals surface area contributed by atoms with E-state index >= 15 is 0 Å². The van der Waals surface area contributed by atoms with Crippen molar-refractivity contribution in [3.8, 4) is 0 Å². The molecular weight excluding hydrogens is 689 g/mol. The van der Waals surface area contributed by atoms with Gasteiger partial charge in [-0.15, -0.1) is 0 Å². The Morgan fingerprint density at radius 2 is 0.964 bits per heavy atom. The Labute approximate surface area is 332 Å². The monoisotopic (exact) mass is 746 g/mol. The highest BCUT2D eigenvalue weighted by molar-refractivity contribution is 5.88. The SMILES string of the molecule is CC[C@H]1C[N@+]2(Cc3ccc(C[N@@+]45CC[C@@H](C[C@H]4[C@H](O)c4ccnc6ccccc46)[C@@H](CC)C5)c4ccccc34)CC[C@H]1C[C@H]2[C@H](O)c1ccnc2ccccc12. The van der Waals surface area contributed by atoms with Crippen molar-refractivity contribution in [1.29, 1.82) is 0 Å². The molecule has 6 heteroatoms. The van der Waals surface area contributed by atoms with Gasteiger partial charge in [-0.2, -0.15) is 0 Å². The Balaban J connectivity index is 1.02. The third-order valence-electron chi connectivity index (χ3n) is 15.8. The van der Waals surface area contributed by atoms with Crippen LogP contribution in [-0.4, -0.2) is 67.4 Å². The molecule has 0 amide bonds. The zero-order valence-electron chi connectivity index (χ0n) is 33.2. The van der Waals surface area contributed by atoms with E-state index in [0.29, 0.717) is 23.7 Å². The van der Waals surface area contributed by atoms with Crippen molar-refractivity contribution >= 4 is 32.6 Å². The number of quaternary nitrogens is 2. The molecule has 6 saturated heterocycles. The van der Waals surface area contributed by atoms with Crippen LogP contribution in [0.2, 0.25) is 0 Å². The van der Waals surface area contributed by atoms with E-state index in [1.54, 1.807) is 0 Å². The number of hydrogen-bond acceptors (Lipinski definition) is 4. The van der Waals surface area contributed by atoms with Crippen LogP contribution in [0.5, 0.6) is 0 Å². The molecule has 8 heterocycles. The topological polar surface area (TPSA) is 66.2 Å². The highest BCUT2D eigenvalue weighted by atomic mass is 16.3. The highest BCUT2D eigenvalue weighted by Crippen LogP contribution is 2.51. The molecule has 2 N–H and O–H groups in total. The van der Waals surface area contributed by atoms with E-state index in [1.807, 2.05) is 24.5 Å². The molecule has 6 nitrogen and oxygen atoms in total. The minimum Gasteiger partial charge on any atom is -0.382 e. The summed E-state index contributed by atoms with van der Waals surface area (Å²) in [5.41, 5.74) is 6.77. The number of piperidine rings is 6. The molecule has 2 aromatic heterocycles. The molecule has 0 aliphatic carbocycles. The minimum absolute atomic E-state index is 0.145. The van der Waals surface area contributed by atoms with Gasteiger partial charge in [0.05, 0.1) is 37.2 Å². The summed E-state index contributed by atoms with van der Waals surface area (Å²) in [7, 11) is 0. The summed E-state index contributed by atoms with van der Waals surface area (Å²) in [6, 6.07) is 35.1. The Hall–Kier alpha value is -4.20. The normalized spacial score (nSPS) is 30.9. The third kappa shape index (κ3) is 5.90. The molecular formula is C50H58N4O2+2. The van der Waals surface area contributed by atoms with Gasteiger partial charge in [0.2, 0.25) is 0 Å². The number of pyridine rings is 2. The summed E-state index contributed by atoms with van der Waals surface area (Å²) in [5.74, 6) is 2.74. The zero-order chi connectivity index (χ0) is 38.0. The molecule has 0 saturated carbocycles. The fourth-order valence-corrected chi connectivity index (χ4v) is 12.9. The number of nitrogens with zero attached hydrogens (tertiary/aromatic N) is 4. The van der Waals surface area contributed by atoms with Gasteiger partial charge in [0.1, 0.15) is 37.4 Å². The van der Waals surface area contributed by atoms with Gasteiger partial charge in [0.25, 0.3) is 0 Å². The van der Waals surface area contributed by atoms with Crippen LogP contribution in [-0.2, 0) is 13.1 Å². The Bertz CT molecular complexity index is 2220. The predicted molar refractivity (Wildman–Crippen MR) is 225 cm³/mol. The number of aliphatic hydroxyl groups excluding tert-OH is 2. The van der Waals surface area contributed by atoms with Crippen LogP contribution in [0.15, 0.2) is 109 Å². The van der Waals surface area contributed by atoms with E-state index in [2.05, 4.69) is 109 Å². The molecule has 10 atom stereocenters. The number of hydrogen-bond donors (Lipinski definition) is 2. The maximum atomic E-state index is 12.4. The Kier molecular flexibility index (Phi) is 9.25. The largest absolute Gasteiger partial charge is 0.382 e. The summed E-state index contributed by atoms with van der Waals surface area (Å²) < 4.78 is 1.90. The van der Waals surface area contributed by atoms with Gasteiger partial charge in [-0.25, -0.2) is 0 Å². The van der Waals surface area contributed by atoms with Crippen LogP contribution < -0.4 is 0 Å². The summed E-state index contributed by atoms with van der Waals surface area (Å²) in [4.78, 5) is 9.28. The predicted octanol–water partition coefficient (Wildman–Crippen LogP) is 9.67. The molecule has 6 fully saturated rings. The van der Waals surface area contributed by atoms with Gasteiger partial charge in [0.15, 0.2) is 0 Å². The lowest BCUT2D eigenvalue weighted by atomic mass is 9.70. The quantitative estimate of drug-likeness (QED) is 0.137. The van der Waals surface area contributed by atoms with Gasteiger partial charge >= 0.3 is 0 Å². The molecule has 6 aliphatic heterocycles. The lowest BCUT2D eigenvalue weighted by Crippen LogP contribution is -2.67. The van der Waals surface area contributed by atoms with Crippen molar-refractivity contribution in [3.63, 3.8) is 0 Å². The second-order valence-corrected chi connectivity index (χ2v) is 18.3. The molecule has 0 radical (unpaired) electrons. The molecule has 4 aromatic carbocycles. The van der Waals surface area contributed by atoms with Crippen molar-refractivity contribution < 1.29 is 19.2 Å². The number of para-hydroxylation sites is 2. The first-order valence-electron chi connectivity index (χ1n) is 21.6. The van der Waals surface area contributed by atoms with Gasteiger partial charge in [-0.3, -0.25) is 9.97 Å². The average Bonchev–Trinajstić information content (AvgIpc) is 3.26. The molecule has 6 aromatic rings. The number of rotatable bonds is 10. The molecule has 6 aliphatic rings. The first kappa shape index (κ1) is 36.2. The molecule has 0 unspecified atom stereocenters. The molecule has 4 bridgehead atoms. The van der Waals surface area contributed by atoms with E-state index < -0.39 is 12.2 Å². The fourth-order valence-electron chi connectivity index (χ4n) is 12.9. The molecule has 288 valence electrons. The molecule has 12 rings (SSSR count). The Morgan fingerprint density at radius 3 is 1.39 bits per heavy atom. The molecule has 56 heavy (non-hydrogen) atoms. The summed E-state index contributed by atoms with van der Waals surface area (Å²) in [5, 5.41) is 29.8. The van der Waals surface area contributed by atoms with Crippen molar-refractivity contribution in [2.75, 3.05) is 26.2 Å². The number of aromatic nitrogens is 2. The fraction of sp³-hybridized carbons (Fsp3) is 0.440. The van der Waals surface area contributed by atoms with Crippen LogP contribution in [0.25, 0.3) is 32.6 Å². The van der Waals surface area contributed by atoms with Gasteiger partial charge in [-0.1, -0.05) is 86.6 Å². The van der Waals surface area contributed by atoms with Crippen molar-refractivity contribution in [2.45, 2.75) is 89.8 Å². The zero-order valence-corrected chi connectivity index (χ0v) is 33.2. The lowest BCUT2D eigenvalue weighted by Gasteiger charge is -2.59. The van der Waals surface area contributed by atoms with Gasteiger partial charge < -0.3 is 19.2 Å². The molecule has 0 spiro atoms. The summed E-state index contributed by atoms with van der Waals surface area (Å²) in [6.45, 7) is 11.1. The van der Waals surface area contributed by atoms with Crippen LogP contribution in [0.4, 0.5) is 0 Å². The van der Waals surface area contributed by atoms with E-state index in [-0.39, 0.29) is 12.1 Å². The second-order valence-electron chi connectivity index (χ2n) is 18.3. The standard InChI is InChI=1S/C50H58N4O2/c1-3-33-29-53(25-21-35(33)27-47(53)49(55)43-19-23-51-45-15-9-7-13-41(43)45)31-37-17-18-38(40-12-6-5-11-39(37)40)32-54-26-22-36(34(4-2)30-54)28-48(54)50(56)44-20-24-52-46-16-10-8-14-42(44)46/h5-20,23-24,33-36,47-50,55-56H,3-4,21-22,25-32H2,1-2H3/q+2/t33-,34-,35-,36-,47-,48-,49+,50+,53-,54-/m0/s1. The van der Waals surface area contributed by atoms with Crippen LogP contribution in [0.3, 0.4) is 0 Å². The minimum atomic E-state index is -0.542. The van der Waals surface area contributed by atoms with Crippen molar-refractivity contribution in [1.82, 2.24) is 9.97 Å². The van der Waals surface area contributed by atoms with E-state index in [9.17, 15) is 10.2 Å². The second kappa shape index (κ2) is 14.3. The van der Waals surface area contributed by atoms with Crippen LogP contribution in [0, 0.1) is 23.7 Å².